The van der Waals surface area contributed by atoms with Crippen LogP contribution in [0, 0.1) is 0 Å². The van der Waals surface area contributed by atoms with Crippen LogP contribution in [0.5, 0.6) is 0 Å². The zero-order valence-electron chi connectivity index (χ0n) is 11.9. The van der Waals surface area contributed by atoms with Gasteiger partial charge in [-0.3, -0.25) is 0 Å². The molecule has 0 aromatic heterocycles. The fourth-order valence-electron chi connectivity index (χ4n) is 2.78. The Balaban J connectivity index is 1.97. The van der Waals surface area contributed by atoms with E-state index in [1.165, 1.54) is 25.7 Å². The van der Waals surface area contributed by atoms with Crippen molar-refractivity contribution in [2.45, 2.75) is 43.5 Å². The fourth-order valence-corrected chi connectivity index (χ4v) is 3.60. The average Bonchev–Trinajstić information content (AvgIpc) is 2.52. The van der Waals surface area contributed by atoms with E-state index in [0.29, 0.717) is 6.04 Å². The lowest BCUT2D eigenvalue weighted by molar-refractivity contribution is 0.318. The van der Waals surface area contributed by atoms with Crippen molar-refractivity contribution in [3.63, 3.8) is 0 Å². The molecule has 5 heteroatoms. The standard InChI is InChI=1S/C15H23N3OS/c1-20-13-7-4-6-12(9-13)17-10-11-5-2-3-8-14(11)15(16)18-19/h2-3,5,8,12-13,17,19H,4,6-7,9-10H2,1H3,(H2,16,18). The molecule has 2 atom stereocenters. The maximum absolute atomic E-state index is 8.84. The minimum atomic E-state index is 0.174. The van der Waals surface area contributed by atoms with Gasteiger partial charge >= 0.3 is 0 Å². The van der Waals surface area contributed by atoms with Crippen molar-refractivity contribution in [3.05, 3.63) is 35.4 Å². The molecule has 0 spiro atoms. The number of rotatable bonds is 5. The summed E-state index contributed by atoms with van der Waals surface area (Å²) in [5, 5.41) is 16.3. The van der Waals surface area contributed by atoms with E-state index in [2.05, 4.69) is 16.7 Å². The number of hydrogen-bond donors (Lipinski definition) is 3. The van der Waals surface area contributed by atoms with Gasteiger partial charge in [0.25, 0.3) is 0 Å². The molecule has 1 aliphatic rings. The summed E-state index contributed by atoms with van der Waals surface area (Å²) in [6.45, 7) is 0.762. The van der Waals surface area contributed by atoms with Crippen molar-refractivity contribution >= 4 is 17.6 Å². The Kier molecular flexibility index (Phi) is 5.73. The third-order valence-corrected chi connectivity index (χ3v) is 5.04. The van der Waals surface area contributed by atoms with Crippen molar-refractivity contribution < 1.29 is 5.21 Å². The first-order chi connectivity index (χ1) is 9.74. The van der Waals surface area contributed by atoms with Gasteiger partial charge in [-0.2, -0.15) is 11.8 Å². The number of nitrogens with two attached hydrogens (primary N) is 1. The van der Waals surface area contributed by atoms with Crippen LogP contribution in [0.1, 0.15) is 36.8 Å². The van der Waals surface area contributed by atoms with Crippen molar-refractivity contribution in [3.8, 4) is 0 Å². The fraction of sp³-hybridized carbons (Fsp3) is 0.533. The molecular weight excluding hydrogens is 270 g/mol. The summed E-state index contributed by atoms with van der Waals surface area (Å²) in [6.07, 6.45) is 7.29. The summed E-state index contributed by atoms with van der Waals surface area (Å²) in [5.74, 6) is 0.174. The Morgan fingerprint density at radius 2 is 2.25 bits per heavy atom. The Morgan fingerprint density at radius 3 is 3.00 bits per heavy atom. The second-order valence-electron chi connectivity index (χ2n) is 5.24. The molecule has 0 heterocycles. The molecule has 1 aliphatic carbocycles. The summed E-state index contributed by atoms with van der Waals surface area (Å²) >= 11 is 1.97. The first kappa shape index (κ1) is 15.2. The highest BCUT2D eigenvalue weighted by molar-refractivity contribution is 7.99. The third-order valence-electron chi connectivity index (χ3n) is 3.94. The number of thioether (sulfide) groups is 1. The van der Waals surface area contributed by atoms with Crippen LogP contribution in [0.25, 0.3) is 0 Å². The number of nitrogens with zero attached hydrogens (tertiary/aromatic N) is 1. The lowest BCUT2D eigenvalue weighted by Crippen LogP contribution is -2.35. The minimum absolute atomic E-state index is 0.174. The van der Waals surface area contributed by atoms with Crippen LogP contribution in [0.15, 0.2) is 29.4 Å². The zero-order valence-corrected chi connectivity index (χ0v) is 12.7. The molecule has 4 N–H and O–H groups in total. The summed E-state index contributed by atoms with van der Waals surface area (Å²) in [5.41, 5.74) is 7.60. The van der Waals surface area contributed by atoms with Gasteiger partial charge < -0.3 is 16.3 Å². The van der Waals surface area contributed by atoms with Crippen LogP contribution in [0.4, 0.5) is 0 Å². The van der Waals surface area contributed by atoms with E-state index < -0.39 is 0 Å². The molecule has 1 aromatic carbocycles. The SMILES string of the molecule is CSC1CCCC(NCc2ccccc2/C(N)=N/O)C1. The van der Waals surface area contributed by atoms with Crippen LogP contribution in [-0.2, 0) is 6.54 Å². The zero-order chi connectivity index (χ0) is 14.4. The smallest absolute Gasteiger partial charge is 0.170 e. The Bertz CT molecular complexity index is 464. The molecule has 0 radical (unpaired) electrons. The van der Waals surface area contributed by atoms with Crippen molar-refractivity contribution in [2.75, 3.05) is 6.26 Å². The van der Waals surface area contributed by atoms with Gasteiger partial charge in [0.05, 0.1) is 0 Å². The molecule has 1 saturated carbocycles. The van der Waals surface area contributed by atoms with Crippen LogP contribution in [-0.4, -0.2) is 28.6 Å². The Labute approximate surface area is 124 Å². The van der Waals surface area contributed by atoms with Gasteiger partial charge in [-0.05, 0) is 31.1 Å². The van der Waals surface area contributed by atoms with E-state index in [9.17, 15) is 0 Å². The number of amidine groups is 1. The van der Waals surface area contributed by atoms with Gasteiger partial charge in [0.2, 0.25) is 0 Å². The first-order valence-corrected chi connectivity index (χ1v) is 8.35. The van der Waals surface area contributed by atoms with E-state index in [-0.39, 0.29) is 5.84 Å². The summed E-state index contributed by atoms with van der Waals surface area (Å²) in [7, 11) is 0. The molecule has 110 valence electrons. The van der Waals surface area contributed by atoms with Crippen LogP contribution >= 0.6 is 11.8 Å². The van der Waals surface area contributed by atoms with Crippen molar-refractivity contribution in [2.24, 2.45) is 10.9 Å². The topological polar surface area (TPSA) is 70.6 Å². The largest absolute Gasteiger partial charge is 0.409 e. The highest BCUT2D eigenvalue weighted by Gasteiger charge is 2.21. The monoisotopic (exact) mass is 293 g/mol. The molecule has 1 fully saturated rings. The van der Waals surface area contributed by atoms with Gasteiger partial charge in [0.1, 0.15) is 0 Å². The summed E-state index contributed by atoms with van der Waals surface area (Å²) in [4.78, 5) is 0. The van der Waals surface area contributed by atoms with Crippen LogP contribution < -0.4 is 11.1 Å². The van der Waals surface area contributed by atoms with E-state index in [1.807, 2.05) is 36.0 Å². The van der Waals surface area contributed by atoms with Gasteiger partial charge in [-0.15, -0.1) is 0 Å². The third kappa shape index (κ3) is 3.90. The van der Waals surface area contributed by atoms with Gasteiger partial charge in [-0.1, -0.05) is 35.8 Å². The van der Waals surface area contributed by atoms with Gasteiger partial charge in [0, 0.05) is 23.4 Å². The van der Waals surface area contributed by atoms with Gasteiger partial charge in [-0.25, -0.2) is 0 Å². The highest BCUT2D eigenvalue weighted by atomic mass is 32.2. The molecular formula is C15H23N3OS. The van der Waals surface area contributed by atoms with E-state index >= 15 is 0 Å². The molecule has 2 unspecified atom stereocenters. The molecule has 0 aliphatic heterocycles. The lowest BCUT2D eigenvalue weighted by Gasteiger charge is -2.29. The Hall–Kier alpha value is -1.20. The van der Waals surface area contributed by atoms with E-state index in [4.69, 9.17) is 10.9 Å². The molecule has 0 bridgehead atoms. The summed E-state index contributed by atoms with van der Waals surface area (Å²) < 4.78 is 0. The molecule has 0 saturated heterocycles. The maximum Gasteiger partial charge on any atom is 0.170 e. The van der Waals surface area contributed by atoms with E-state index in [1.54, 1.807) is 0 Å². The van der Waals surface area contributed by atoms with Crippen LogP contribution in [0.3, 0.4) is 0 Å². The predicted octanol–water partition coefficient (Wildman–Crippen LogP) is 2.54. The number of nitrogens with one attached hydrogen (secondary N) is 1. The number of hydrogen-bond acceptors (Lipinski definition) is 4. The second-order valence-corrected chi connectivity index (χ2v) is 6.38. The molecule has 4 nitrogen and oxygen atoms in total. The maximum atomic E-state index is 8.84. The van der Waals surface area contributed by atoms with Crippen LogP contribution in [0.2, 0.25) is 0 Å². The number of oxime groups is 1. The predicted molar refractivity (Wildman–Crippen MR) is 85.4 cm³/mol. The van der Waals surface area contributed by atoms with E-state index in [0.717, 1.165) is 22.9 Å². The number of benzene rings is 1. The second kappa shape index (κ2) is 7.55. The van der Waals surface area contributed by atoms with Gasteiger partial charge in [0.15, 0.2) is 5.84 Å². The molecule has 20 heavy (non-hydrogen) atoms. The van der Waals surface area contributed by atoms with Crippen molar-refractivity contribution in [1.29, 1.82) is 0 Å². The summed E-state index contributed by atoms with van der Waals surface area (Å²) in [6, 6.07) is 8.37. The molecule has 0 amide bonds. The molecule has 1 aromatic rings. The van der Waals surface area contributed by atoms with Crippen molar-refractivity contribution in [1.82, 2.24) is 5.32 Å². The normalized spacial score (nSPS) is 23.8. The highest BCUT2D eigenvalue weighted by Crippen LogP contribution is 2.27. The average molecular weight is 293 g/mol. The first-order valence-electron chi connectivity index (χ1n) is 7.06. The Morgan fingerprint density at radius 1 is 1.45 bits per heavy atom. The quantitative estimate of drug-likeness (QED) is 0.338. The minimum Gasteiger partial charge on any atom is -0.409 e. The lowest BCUT2D eigenvalue weighted by atomic mass is 9.94. The molecule has 2 rings (SSSR count).